The molecule has 24 heavy (non-hydrogen) atoms. The number of carbonyl (C=O) groups excluding carboxylic acids is 2. The molecule has 2 aliphatic heterocycles. The van der Waals surface area contributed by atoms with Gasteiger partial charge in [-0.1, -0.05) is 6.92 Å². The molecule has 0 bridgehead atoms. The van der Waals surface area contributed by atoms with Crippen LogP contribution in [0.25, 0.3) is 0 Å². The summed E-state index contributed by atoms with van der Waals surface area (Å²) in [6.07, 6.45) is 2.95. The van der Waals surface area contributed by atoms with Crippen LogP contribution in [0.15, 0.2) is 18.2 Å². The Balaban J connectivity index is 1.91. The zero-order chi connectivity index (χ0) is 17.3. The van der Waals surface area contributed by atoms with Gasteiger partial charge >= 0.3 is 0 Å². The van der Waals surface area contributed by atoms with Gasteiger partial charge in [0.1, 0.15) is 11.9 Å². The molecule has 2 amide bonds. The smallest absolute Gasteiger partial charge is 0.249 e. The molecular weight excluding hydrogens is 309 g/mol. The average Bonchev–Trinajstić information content (AvgIpc) is 2.60. The van der Waals surface area contributed by atoms with Crippen LogP contribution in [0.3, 0.4) is 0 Å². The van der Waals surface area contributed by atoms with Gasteiger partial charge < -0.3 is 14.7 Å². The number of piperidine rings is 1. The lowest BCUT2D eigenvalue weighted by atomic mass is 9.99. The van der Waals surface area contributed by atoms with E-state index >= 15 is 0 Å². The molecule has 0 saturated carbocycles. The van der Waals surface area contributed by atoms with Gasteiger partial charge in [0.2, 0.25) is 11.8 Å². The summed E-state index contributed by atoms with van der Waals surface area (Å²) < 4.78 is 13.7. The summed E-state index contributed by atoms with van der Waals surface area (Å²) in [7, 11) is 1.94. The van der Waals surface area contributed by atoms with Gasteiger partial charge in [-0.3, -0.25) is 9.59 Å². The number of amides is 2. The van der Waals surface area contributed by atoms with E-state index in [0.717, 1.165) is 18.5 Å². The van der Waals surface area contributed by atoms with Gasteiger partial charge in [0.15, 0.2) is 0 Å². The second-order valence-corrected chi connectivity index (χ2v) is 6.50. The number of fused-ring (bicyclic) bond motifs is 1. The molecular formula is C18H24FN3O2. The van der Waals surface area contributed by atoms with Crippen LogP contribution >= 0.6 is 0 Å². The van der Waals surface area contributed by atoms with Crippen LogP contribution in [0.5, 0.6) is 0 Å². The van der Waals surface area contributed by atoms with Gasteiger partial charge in [0.25, 0.3) is 0 Å². The first-order valence-corrected chi connectivity index (χ1v) is 8.64. The van der Waals surface area contributed by atoms with Crippen LogP contribution in [0.1, 0.15) is 32.6 Å². The molecule has 1 saturated heterocycles. The Labute approximate surface area is 142 Å². The molecule has 0 radical (unpaired) electrons. The van der Waals surface area contributed by atoms with Gasteiger partial charge in [0, 0.05) is 33.1 Å². The molecule has 0 spiro atoms. The summed E-state index contributed by atoms with van der Waals surface area (Å²) in [6.45, 7) is 3.65. The van der Waals surface area contributed by atoms with Crippen molar-refractivity contribution in [2.24, 2.45) is 0 Å². The number of carbonyl (C=O) groups is 2. The summed E-state index contributed by atoms with van der Waals surface area (Å²) in [4.78, 5) is 30.7. The molecule has 0 N–H and O–H groups in total. The summed E-state index contributed by atoms with van der Waals surface area (Å²) in [5.41, 5.74) is 1.45. The minimum Gasteiger partial charge on any atom is -0.371 e. The number of likely N-dealkylation sites (N-methyl/N-ethyl adjacent to an activating group) is 1. The number of halogens is 1. The van der Waals surface area contributed by atoms with Crippen LogP contribution in [0, 0.1) is 5.82 Å². The molecule has 1 aromatic carbocycles. The second-order valence-electron chi connectivity index (χ2n) is 6.50. The lowest BCUT2D eigenvalue weighted by Gasteiger charge is -2.41. The van der Waals surface area contributed by atoms with Gasteiger partial charge in [-0.05, 0) is 37.5 Å². The fourth-order valence-electron chi connectivity index (χ4n) is 3.63. The number of anilines is 2. The molecule has 130 valence electrons. The van der Waals surface area contributed by atoms with E-state index in [4.69, 9.17) is 0 Å². The second kappa shape index (κ2) is 6.79. The molecule has 1 unspecified atom stereocenters. The van der Waals surface area contributed by atoms with E-state index in [2.05, 4.69) is 0 Å². The number of likely N-dealkylation sites (tertiary alicyclic amines) is 1. The van der Waals surface area contributed by atoms with Crippen molar-refractivity contribution in [2.75, 3.05) is 36.5 Å². The van der Waals surface area contributed by atoms with Gasteiger partial charge in [0.05, 0.1) is 11.4 Å². The molecule has 0 aromatic heterocycles. The van der Waals surface area contributed by atoms with Crippen LogP contribution in [-0.2, 0) is 9.59 Å². The number of hydrogen-bond donors (Lipinski definition) is 0. The van der Waals surface area contributed by atoms with Crippen LogP contribution in [-0.4, -0.2) is 49.4 Å². The van der Waals surface area contributed by atoms with Crippen LogP contribution in [0.2, 0.25) is 0 Å². The highest BCUT2D eigenvalue weighted by atomic mass is 19.1. The van der Waals surface area contributed by atoms with Crippen LogP contribution in [0.4, 0.5) is 15.8 Å². The molecule has 1 aromatic rings. The number of hydrogen-bond acceptors (Lipinski definition) is 3. The molecule has 2 aliphatic rings. The van der Waals surface area contributed by atoms with Crippen molar-refractivity contribution in [1.29, 1.82) is 0 Å². The number of rotatable bonds is 2. The summed E-state index contributed by atoms with van der Waals surface area (Å²) in [5, 5.41) is 0. The van der Waals surface area contributed by atoms with E-state index in [1.165, 1.54) is 12.1 Å². The fourth-order valence-corrected chi connectivity index (χ4v) is 3.63. The zero-order valence-corrected chi connectivity index (χ0v) is 14.3. The van der Waals surface area contributed by atoms with Gasteiger partial charge in [-0.15, -0.1) is 0 Å². The van der Waals surface area contributed by atoms with E-state index in [0.29, 0.717) is 38.2 Å². The first-order chi connectivity index (χ1) is 11.5. The topological polar surface area (TPSA) is 43.9 Å². The maximum Gasteiger partial charge on any atom is 0.249 e. The van der Waals surface area contributed by atoms with Crippen molar-refractivity contribution in [1.82, 2.24) is 4.90 Å². The molecule has 5 nitrogen and oxygen atoms in total. The summed E-state index contributed by atoms with van der Waals surface area (Å²) in [6, 6.07) is 4.11. The lowest BCUT2D eigenvalue weighted by molar-refractivity contribution is -0.141. The highest BCUT2D eigenvalue weighted by Crippen LogP contribution is 2.34. The van der Waals surface area contributed by atoms with Crippen molar-refractivity contribution in [3.8, 4) is 0 Å². The largest absolute Gasteiger partial charge is 0.371 e. The summed E-state index contributed by atoms with van der Waals surface area (Å²) in [5.74, 6) is -0.426. The van der Waals surface area contributed by atoms with Crippen molar-refractivity contribution in [3.63, 3.8) is 0 Å². The molecule has 3 rings (SSSR count). The minimum absolute atomic E-state index is 0.0154. The first-order valence-electron chi connectivity index (χ1n) is 8.64. The van der Waals surface area contributed by atoms with E-state index < -0.39 is 6.04 Å². The van der Waals surface area contributed by atoms with Crippen LogP contribution < -0.4 is 9.80 Å². The highest BCUT2D eigenvalue weighted by Gasteiger charge is 2.36. The first kappa shape index (κ1) is 16.7. The number of nitrogens with zero attached hydrogens (tertiary/aromatic N) is 3. The van der Waals surface area contributed by atoms with Crippen molar-refractivity contribution in [3.05, 3.63) is 24.0 Å². The third-order valence-corrected chi connectivity index (χ3v) is 4.98. The molecule has 0 aliphatic carbocycles. The Morgan fingerprint density at radius 3 is 2.71 bits per heavy atom. The third kappa shape index (κ3) is 2.97. The maximum absolute atomic E-state index is 13.7. The van der Waals surface area contributed by atoms with Gasteiger partial charge in [-0.25, -0.2) is 4.39 Å². The average molecular weight is 333 g/mol. The Morgan fingerprint density at radius 2 is 1.96 bits per heavy atom. The van der Waals surface area contributed by atoms with E-state index in [1.54, 1.807) is 15.9 Å². The highest BCUT2D eigenvalue weighted by molar-refractivity contribution is 6.02. The Morgan fingerprint density at radius 1 is 1.17 bits per heavy atom. The fraction of sp³-hybridized carbons (Fsp3) is 0.556. The standard InChI is InChI=1S/C18H24FN3O2/c1-3-17(23)21-9-5-4-6-15(21)18(24)22-11-10-20(2)14-8-7-13(19)12-16(14)22/h7-8,12,15H,3-6,9-11H2,1-2H3. The van der Waals surface area contributed by atoms with Gasteiger partial charge in [-0.2, -0.15) is 0 Å². The zero-order valence-electron chi connectivity index (χ0n) is 14.3. The maximum atomic E-state index is 13.7. The molecule has 2 heterocycles. The SMILES string of the molecule is CCC(=O)N1CCCCC1C(=O)N1CCN(C)c2ccc(F)cc21. The van der Waals surface area contributed by atoms with Crippen molar-refractivity contribution in [2.45, 2.75) is 38.6 Å². The van der Waals surface area contributed by atoms with E-state index in [-0.39, 0.29) is 17.6 Å². The quantitative estimate of drug-likeness (QED) is 0.835. The lowest BCUT2D eigenvalue weighted by Crippen LogP contribution is -2.55. The van der Waals surface area contributed by atoms with Crippen molar-refractivity contribution < 1.29 is 14.0 Å². The minimum atomic E-state index is -0.425. The molecule has 6 heteroatoms. The Kier molecular flexibility index (Phi) is 4.73. The summed E-state index contributed by atoms with van der Waals surface area (Å²) >= 11 is 0. The predicted octanol–water partition coefficient (Wildman–Crippen LogP) is 2.40. The predicted molar refractivity (Wildman–Crippen MR) is 91.7 cm³/mol. The normalized spacial score (nSPS) is 20.8. The van der Waals surface area contributed by atoms with E-state index in [1.807, 2.05) is 18.9 Å². The molecule has 1 fully saturated rings. The number of benzene rings is 1. The third-order valence-electron chi connectivity index (χ3n) is 4.98. The molecule has 1 atom stereocenters. The van der Waals surface area contributed by atoms with E-state index in [9.17, 15) is 14.0 Å². The Hall–Kier alpha value is -2.11. The van der Waals surface area contributed by atoms with Crippen molar-refractivity contribution >= 4 is 23.2 Å². The monoisotopic (exact) mass is 333 g/mol. The Bertz CT molecular complexity index is 649.